The van der Waals surface area contributed by atoms with Crippen molar-refractivity contribution in [2.45, 2.75) is 51.4 Å². The van der Waals surface area contributed by atoms with Crippen molar-refractivity contribution in [3.8, 4) is 0 Å². The quantitative estimate of drug-likeness (QED) is 0.767. The molecule has 1 aliphatic heterocycles. The number of alkyl halides is 2. The molecule has 24 heavy (non-hydrogen) atoms. The average Bonchev–Trinajstić information content (AvgIpc) is 2.50. The predicted octanol–water partition coefficient (Wildman–Crippen LogP) is 2.15. The number of carbonyl (C=O) groups is 2. The van der Waals surface area contributed by atoms with E-state index in [0.717, 1.165) is 12.1 Å². The van der Waals surface area contributed by atoms with Crippen LogP contribution in [0, 0.1) is 5.82 Å². The van der Waals surface area contributed by atoms with Crippen LogP contribution in [0.25, 0.3) is 0 Å². The van der Waals surface area contributed by atoms with Gasteiger partial charge in [-0.15, -0.1) is 0 Å². The highest BCUT2D eigenvalue weighted by Crippen LogP contribution is 2.26. The lowest BCUT2D eigenvalue weighted by Gasteiger charge is -2.30. The third-order valence-electron chi connectivity index (χ3n) is 3.92. The number of hydrogen-bond donors (Lipinski definition) is 3. The van der Waals surface area contributed by atoms with Crippen LogP contribution in [0.2, 0.25) is 0 Å². The van der Waals surface area contributed by atoms with E-state index in [1.807, 2.05) is 0 Å². The molecule has 2 unspecified atom stereocenters. The first-order valence-corrected chi connectivity index (χ1v) is 7.75. The standard InChI is InChI=1S/C16H20F3N3O2/c1-3-12(9-4-5-10(15(18)19)11(17)6-9)22-16(24)13-7-14(23)21-8(2)20-13/h4-6,8,12-13,15,20H,3,7H2,1-2H3,(H,21,23)(H,22,24)/t8?,12-,13?/m1/s1. The molecule has 1 aromatic carbocycles. The molecule has 8 heteroatoms. The summed E-state index contributed by atoms with van der Waals surface area (Å²) in [6.07, 6.45) is -2.76. The van der Waals surface area contributed by atoms with Crippen LogP contribution in [-0.4, -0.2) is 24.0 Å². The zero-order chi connectivity index (χ0) is 17.9. The summed E-state index contributed by atoms with van der Waals surface area (Å²) in [4.78, 5) is 23.8. The van der Waals surface area contributed by atoms with Gasteiger partial charge in [0.25, 0.3) is 6.43 Å². The van der Waals surface area contributed by atoms with Crippen molar-refractivity contribution in [2.24, 2.45) is 0 Å². The molecule has 3 N–H and O–H groups in total. The summed E-state index contributed by atoms with van der Waals surface area (Å²) in [5, 5.41) is 8.32. The van der Waals surface area contributed by atoms with Gasteiger partial charge in [-0.2, -0.15) is 0 Å². The fourth-order valence-corrected chi connectivity index (χ4v) is 2.69. The van der Waals surface area contributed by atoms with E-state index in [-0.39, 0.29) is 24.4 Å². The van der Waals surface area contributed by atoms with Crippen LogP contribution in [0.5, 0.6) is 0 Å². The molecule has 0 spiro atoms. The Bertz CT molecular complexity index is 625. The number of hydrogen-bond acceptors (Lipinski definition) is 3. The maximum Gasteiger partial charge on any atom is 0.266 e. The monoisotopic (exact) mass is 343 g/mol. The average molecular weight is 343 g/mol. The molecule has 0 bridgehead atoms. The molecule has 1 aromatic rings. The molecule has 1 heterocycles. The zero-order valence-corrected chi connectivity index (χ0v) is 13.4. The van der Waals surface area contributed by atoms with E-state index >= 15 is 0 Å². The minimum absolute atomic E-state index is 0.00525. The Labute approximate surface area is 138 Å². The summed E-state index contributed by atoms with van der Waals surface area (Å²) >= 11 is 0. The molecule has 1 fully saturated rings. The van der Waals surface area contributed by atoms with Gasteiger partial charge in [0.15, 0.2) is 0 Å². The molecule has 0 saturated carbocycles. The van der Waals surface area contributed by atoms with Crippen molar-refractivity contribution >= 4 is 11.8 Å². The van der Waals surface area contributed by atoms with E-state index in [1.165, 1.54) is 6.07 Å². The number of halogens is 3. The maximum atomic E-state index is 13.7. The molecule has 2 rings (SSSR count). The molecular weight excluding hydrogens is 323 g/mol. The van der Waals surface area contributed by atoms with Crippen LogP contribution in [0.1, 0.15) is 50.3 Å². The fourth-order valence-electron chi connectivity index (χ4n) is 2.69. The molecule has 132 valence electrons. The summed E-state index contributed by atoms with van der Waals surface area (Å²) in [6.45, 7) is 3.50. The fraction of sp³-hybridized carbons (Fsp3) is 0.500. The topological polar surface area (TPSA) is 70.2 Å². The molecule has 2 amide bonds. The van der Waals surface area contributed by atoms with Gasteiger partial charge in [-0.3, -0.25) is 14.9 Å². The minimum Gasteiger partial charge on any atom is -0.348 e. The van der Waals surface area contributed by atoms with Gasteiger partial charge in [-0.05, 0) is 25.0 Å². The summed E-state index contributed by atoms with van der Waals surface area (Å²) in [6, 6.07) is 2.20. The van der Waals surface area contributed by atoms with Crippen molar-refractivity contribution in [3.05, 3.63) is 35.1 Å². The number of carbonyl (C=O) groups excluding carboxylic acids is 2. The van der Waals surface area contributed by atoms with Crippen LogP contribution in [0.4, 0.5) is 13.2 Å². The highest BCUT2D eigenvalue weighted by atomic mass is 19.3. The third kappa shape index (κ3) is 4.25. The van der Waals surface area contributed by atoms with Gasteiger partial charge in [0.1, 0.15) is 5.82 Å². The van der Waals surface area contributed by atoms with Crippen LogP contribution in [0.3, 0.4) is 0 Å². The van der Waals surface area contributed by atoms with Gasteiger partial charge in [-0.1, -0.05) is 19.1 Å². The van der Waals surface area contributed by atoms with Crippen LogP contribution in [0.15, 0.2) is 18.2 Å². The number of nitrogens with one attached hydrogen (secondary N) is 3. The largest absolute Gasteiger partial charge is 0.348 e. The highest BCUT2D eigenvalue weighted by Gasteiger charge is 2.30. The number of rotatable bonds is 5. The Balaban J connectivity index is 2.10. The lowest BCUT2D eigenvalue weighted by atomic mass is 10.0. The van der Waals surface area contributed by atoms with E-state index in [9.17, 15) is 22.8 Å². The Hall–Kier alpha value is -2.09. The van der Waals surface area contributed by atoms with Gasteiger partial charge >= 0.3 is 0 Å². The second-order valence-corrected chi connectivity index (χ2v) is 5.76. The zero-order valence-electron chi connectivity index (χ0n) is 13.4. The molecule has 1 saturated heterocycles. The molecule has 0 aliphatic carbocycles. The Morgan fingerprint density at radius 1 is 1.42 bits per heavy atom. The maximum absolute atomic E-state index is 13.7. The van der Waals surface area contributed by atoms with Gasteiger partial charge < -0.3 is 10.6 Å². The predicted molar refractivity (Wildman–Crippen MR) is 81.7 cm³/mol. The van der Waals surface area contributed by atoms with Gasteiger partial charge in [0.2, 0.25) is 11.8 Å². The van der Waals surface area contributed by atoms with Crippen molar-refractivity contribution < 1.29 is 22.8 Å². The molecule has 3 atom stereocenters. The van der Waals surface area contributed by atoms with E-state index in [4.69, 9.17) is 0 Å². The SMILES string of the molecule is CC[C@@H](NC(=O)C1CC(=O)NC(C)N1)c1ccc(C(F)F)c(F)c1. The van der Waals surface area contributed by atoms with E-state index in [2.05, 4.69) is 16.0 Å². The molecule has 1 aliphatic rings. The van der Waals surface area contributed by atoms with E-state index in [0.29, 0.717) is 12.0 Å². The molecule has 0 radical (unpaired) electrons. The highest BCUT2D eigenvalue weighted by molar-refractivity contribution is 5.89. The number of amides is 2. The van der Waals surface area contributed by atoms with Crippen molar-refractivity contribution in [1.82, 2.24) is 16.0 Å². The van der Waals surface area contributed by atoms with Crippen molar-refractivity contribution in [1.29, 1.82) is 0 Å². The first-order valence-electron chi connectivity index (χ1n) is 7.75. The smallest absolute Gasteiger partial charge is 0.266 e. The van der Waals surface area contributed by atoms with Gasteiger partial charge in [0.05, 0.1) is 30.2 Å². The lowest BCUT2D eigenvalue weighted by molar-refractivity contribution is -0.132. The summed E-state index contributed by atoms with van der Waals surface area (Å²) in [7, 11) is 0. The Morgan fingerprint density at radius 2 is 2.12 bits per heavy atom. The Morgan fingerprint density at radius 3 is 2.67 bits per heavy atom. The van der Waals surface area contributed by atoms with E-state index in [1.54, 1.807) is 13.8 Å². The first-order chi connectivity index (χ1) is 11.3. The summed E-state index contributed by atoms with van der Waals surface area (Å²) in [5.41, 5.74) is -0.263. The minimum atomic E-state index is -2.89. The summed E-state index contributed by atoms with van der Waals surface area (Å²) in [5.74, 6) is -1.62. The lowest BCUT2D eigenvalue weighted by Crippen LogP contribution is -2.59. The molecule has 0 aromatic heterocycles. The van der Waals surface area contributed by atoms with Crippen LogP contribution in [-0.2, 0) is 9.59 Å². The van der Waals surface area contributed by atoms with Crippen LogP contribution < -0.4 is 16.0 Å². The second-order valence-electron chi connectivity index (χ2n) is 5.76. The second kappa shape index (κ2) is 7.65. The van der Waals surface area contributed by atoms with Crippen molar-refractivity contribution in [2.75, 3.05) is 0 Å². The van der Waals surface area contributed by atoms with Crippen LogP contribution >= 0.6 is 0 Å². The van der Waals surface area contributed by atoms with Crippen molar-refractivity contribution in [3.63, 3.8) is 0 Å². The first kappa shape index (κ1) is 18.3. The number of benzene rings is 1. The van der Waals surface area contributed by atoms with Gasteiger partial charge in [0, 0.05) is 0 Å². The van der Waals surface area contributed by atoms with E-state index < -0.39 is 29.9 Å². The third-order valence-corrected chi connectivity index (χ3v) is 3.92. The molecular formula is C16H20F3N3O2. The summed E-state index contributed by atoms with van der Waals surface area (Å²) < 4.78 is 39.0. The normalized spacial score (nSPS) is 22.2. The Kier molecular flexibility index (Phi) is 5.82. The molecule has 5 nitrogen and oxygen atoms in total. The van der Waals surface area contributed by atoms with Gasteiger partial charge in [-0.25, -0.2) is 13.2 Å².